The monoisotopic (exact) mass is 767 g/mol. The number of methoxy groups -OCH3 is 1. The van der Waals surface area contributed by atoms with Crippen LogP contribution >= 0.6 is 0 Å². The van der Waals surface area contributed by atoms with E-state index in [-0.39, 0.29) is 36.3 Å². The number of hydrogen-bond donors (Lipinski definition) is 2. The minimum atomic E-state index is -4.83. The van der Waals surface area contributed by atoms with Crippen LogP contribution in [0.5, 0.6) is 5.75 Å². The number of amides is 1. The molecule has 5 rings (SSSR count). The van der Waals surface area contributed by atoms with Gasteiger partial charge in [0.2, 0.25) is 5.91 Å². The molecule has 0 bridgehead atoms. The van der Waals surface area contributed by atoms with E-state index in [1.165, 1.54) is 13.2 Å². The largest absolute Gasteiger partial charge is 0.496 e. The molecule has 0 aromatic heterocycles. The number of alkyl halides is 10. The summed E-state index contributed by atoms with van der Waals surface area (Å²) in [6, 6.07) is 13.4. The number of likely N-dealkylation sites (tertiary alicyclic amines) is 2. The van der Waals surface area contributed by atoms with Crippen molar-refractivity contribution < 1.29 is 63.3 Å². The van der Waals surface area contributed by atoms with Gasteiger partial charge in [0.15, 0.2) is 0 Å². The van der Waals surface area contributed by atoms with Crippen molar-refractivity contribution in [3.05, 3.63) is 65.2 Å². The molecule has 0 spiro atoms. The van der Waals surface area contributed by atoms with Gasteiger partial charge in [0.1, 0.15) is 17.3 Å². The van der Waals surface area contributed by atoms with Crippen LogP contribution in [-0.4, -0.2) is 85.1 Å². The van der Waals surface area contributed by atoms with Gasteiger partial charge in [0, 0.05) is 31.6 Å². The van der Waals surface area contributed by atoms with E-state index < -0.39 is 80.0 Å². The molecule has 1 amide bonds. The Morgan fingerprint density at radius 1 is 0.849 bits per heavy atom. The maximum Gasteiger partial charge on any atom is 0.417 e. The first kappa shape index (κ1) is 41.6. The van der Waals surface area contributed by atoms with Crippen LogP contribution in [0, 0.1) is 5.41 Å². The molecule has 0 radical (unpaired) electrons. The van der Waals surface area contributed by atoms with E-state index in [0.29, 0.717) is 42.3 Å². The zero-order chi connectivity index (χ0) is 39.4. The summed E-state index contributed by atoms with van der Waals surface area (Å²) in [6.07, 6.45) is -15.5. The summed E-state index contributed by atoms with van der Waals surface area (Å²) in [5, 5.41) is 10.4. The fraction of sp³-hybridized carbons (Fsp3) is 0.500. The van der Waals surface area contributed by atoms with E-state index in [2.05, 4.69) is 0 Å². The Bertz CT molecular complexity index is 1740. The molecule has 0 saturated carbocycles. The number of hydrogen-bond acceptors (Lipinski definition) is 5. The number of carboxylic acid groups (broad SMARTS) is 1. The van der Waals surface area contributed by atoms with Gasteiger partial charge < -0.3 is 15.6 Å². The van der Waals surface area contributed by atoms with Gasteiger partial charge in [0.05, 0.1) is 19.2 Å². The molecule has 0 atom stereocenters. The lowest BCUT2D eigenvalue weighted by atomic mass is 9.77. The highest BCUT2D eigenvalue weighted by Gasteiger charge is 2.60. The summed E-state index contributed by atoms with van der Waals surface area (Å²) < 4.78 is 137. The number of rotatable bonds is 9. The number of primary amides is 1. The van der Waals surface area contributed by atoms with Crippen LogP contribution in [0.2, 0.25) is 0 Å². The minimum Gasteiger partial charge on any atom is -0.496 e. The number of carboxylic acids is 1. The highest BCUT2D eigenvalue weighted by molar-refractivity contribution is 6.00. The van der Waals surface area contributed by atoms with Gasteiger partial charge in [-0.15, -0.1) is 0 Å². The summed E-state index contributed by atoms with van der Waals surface area (Å²) in [5.41, 5.74) is 2.50. The number of nitrogens with zero attached hydrogens (tertiary/aromatic N) is 2. The normalized spacial score (nSPS) is 17.6. The Balaban J connectivity index is 0.000000294. The molecule has 2 heterocycles. The van der Waals surface area contributed by atoms with Crippen LogP contribution in [0.1, 0.15) is 48.8 Å². The van der Waals surface area contributed by atoms with Crippen molar-refractivity contribution in [1.29, 1.82) is 0 Å². The predicted octanol–water partition coefficient (Wildman–Crippen LogP) is 8.16. The first-order valence-electron chi connectivity index (χ1n) is 16.7. The molecule has 2 aliphatic heterocycles. The summed E-state index contributed by atoms with van der Waals surface area (Å²) in [6.45, 7) is -1.32. The molecule has 17 heteroatoms. The molecule has 2 saturated heterocycles. The summed E-state index contributed by atoms with van der Waals surface area (Å²) in [7, 11) is 1.34. The zero-order valence-corrected chi connectivity index (χ0v) is 28.6. The van der Waals surface area contributed by atoms with Gasteiger partial charge in [-0.25, -0.2) is 4.39 Å². The predicted molar refractivity (Wildman–Crippen MR) is 176 cm³/mol. The van der Waals surface area contributed by atoms with Crippen molar-refractivity contribution in [3.8, 4) is 16.9 Å². The van der Waals surface area contributed by atoms with E-state index in [4.69, 9.17) is 15.6 Å². The summed E-state index contributed by atoms with van der Waals surface area (Å²) in [4.78, 5) is 24.8. The SMILES string of the molecule is COc1ccc(CN2CCC(F)CC2)c(C(F)(F)F)c1-c1cccc2c(CCC(=O)O)cccc12.NC(=O)C1(C(F)(F)F)CCN(CC(F)(F)F)CC1. The van der Waals surface area contributed by atoms with Gasteiger partial charge >= 0.3 is 24.5 Å². The van der Waals surface area contributed by atoms with E-state index >= 15 is 0 Å². The zero-order valence-electron chi connectivity index (χ0n) is 28.6. The fourth-order valence-corrected chi connectivity index (χ4v) is 6.89. The molecule has 0 unspecified atom stereocenters. The van der Waals surface area contributed by atoms with E-state index in [1.54, 1.807) is 42.5 Å². The van der Waals surface area contributed by atoms with Crippen molar-refractivity contribution in [2.75, 3.05) is 39.8 Å². The first-order valence-corrected chi connectivity index (χ1v) is 16.7. The van der Waals surface area contributed by atoms with Crippen molar-refractivity contribution in [2.45, 2.75) is 69.8 Å². The standard InChI is InChI=1S/C27H27F4NO3.C9H12F6N2O/c1-35-23-10-8-18(16-32-14-12-19(28)13-15-32)26(27(29,30)31)25(23)22-7-3-5-20-17(9-11-24(33)34)4-2-6-21(20)22;10-8(11,12)5-17-3-1-7(2-4-17,6(16)18)9(13,14)15/h2-8,10,19H,9,11-16H2,1H3,(H,33,34);1-5H2,(H2,16,18). The highest BCUT2D eigenvalue weighted by Crippen LogP contribution is 2.48. The quantitative estimate of drug-likeness (QED) is 0.214. The van der Waals surface area contributed by atoms with Crippen LogP contribution < -0.4 is 10.5 Å². The Labute approximate surface area is 298 Å². The molecule has 292 valence electrons. The Hall–Kier alpha value is -4.12. The average Bonchev–Trinajstić information content (AvgIpc) is 3.06. The lowest BCUT2D eigenvalue weighted by Crippen LogP contribution is -2.56. The first-order chi connectivity index (χ1) is 24.7. The van der Waals surface area contributed by atoms with Crippen molar-refractivity contribution in [2.24, 2.45) is 11.1 Å². The smallest absolute Gasteiger partial charge is 0.417 e. The molecular weight excluding hydrogens is 728 g/mol. The molecule has 0 aliphatic carbocycles. The summed E-state index contributed by atoms with van der Waals surface area (Å²) in [5.74, 6) is -2.36. The molecule has 7 nitrogen and oxygen atoms in total. The molecule has 3 N–H and O–H groups in total. The Morgan fingerprint density at radius 3 is 1.98 bits per heavy atom. The third-order valence-electron chi connectivity index (χ3n) is 9.68. The van der Waals surface area contributed by atoms with Crippen LogP contribution in [-0.2, 0) is 28.7 Å². The number of aryl methyl sites for hydroxylation is 1. The van der Waals surface area contributed by atoms with Gasteiger partial charge in [-0.2, -0.15) is 39.5 Å². The highest BCUT2D eigenvalue weighted by atomic mass is 19.4. The third-order valence-corrected chi connectivity index (χ3v) is 9.68. The second kappa shape index (κ2) is 16.5. The minimum absolute atomic E-state index is 0.0427. The maximum atomic E-state index is 14.6. The second-order valence-electron chi connectivity index (χ2n) is 13.2. The number of carbonyl (C=O) groups excluding carboxylic acids is 1. The number of piperidine rings is 2. The van der Waals surface area contributed by atoms with Crippen molar-refractivity contribution in [1.82, 2.24) is 9.80 Å². The topological polar surface area (TPSA) is 96.1 Å². The average molecular weight is 768 g/mol. The molecular formula is C36H39F10N3O4. The molecule has 2 fully saturated rings. The van der Waals surface area contributed by atoms with Gasteiger partial charge in [0.25, 0.3) is 0 Å². The van der Waals surface area contributed by atoms with E-state index in [0.717, 1.165) is 10.5 Å². The number of halogens is 10. The van der Waals surface area contributed by atoms with Crippen LogP contribution in [0.4, 0.5) is 43.9 Å². The molecule has 53 heavy (non-hydrogen) atoms. The number of ether oxygens (including phenoxy) is 1. The Kier molecular flexibility index (Phi) is 13.0. The number of nitrogens with two attached hydrogens (primary N) is 1. The van der Waals surface area contributed by atoms with Crippen LogP contribution in [0.25, 0.3) is 21.9 Å². The molecule has 3 aromatic rings. The molecule has 3 aromatic carbocycles. The van der Waals surface area contributed by atoms with Crippen LogP contribution in [0.3, 0.4) is 0 Å². The van der Waals surface area contributed by atoms with Gasteiger partial charge in [-0.05, 0) is 78.7 Å². The van der Waals surface area contributed by atoms with E-state index in [9.17, 15) is 53.5 Å². The van der Waals surface area contributed by atoms with Gasteiger partial charge in [-0.1, -0.05) is 42.5 Å². The number of benzene rings is 3. The summed E-state index contributed by atoms with van der Waals surface area (Å²) >= 11 is 0. The van der Waals surface area contributed by atoms with Gasteiger partial charge in [-0.3, -0.25) is 19.4 Å². The second-order valence-corrected chi connectivity index (χ2v) is 13.2. The third kappa shape index (κ3) is 10.1. The molecule has 2 aliphatic rings. The number of fused-ring (bicyclic) bond motifs is 1. The van der Waals surface area contributed by atoms with Crippen LogP contribution in [0.15, 0.2) is 48.5 Å². The Morgan fingerprint density at radius 2 is 1.45 bits per heavy atom. The fourth-order valence-electron chi connectivity index (χ4n) is 6.89. The maximum absolute atomic E-state index is 14.6. The lowest BCUT2D eigenvalue weighted by molar-refractivity contribution is -0.234. The van der Waals surface area contributed by atoms with E-state index in [1.807, 2.05) is 4.90 Å². The van der Waals surface area contributed by atoms with Crippen molar-refractivity contribution in [3.63, 3.8) is 0 Å². The lowest BCUT2D eigenvalue weighted by Gasteiger charge is -2.40. The van der Waals surface area contributed by atoms with Crippen molar-refractivity contribution >= 4 is 22.6 Å². The number of aliphatic carboxylic acids is 1. The number of carbonyl (C=O) groups is 2.